The average Bonchev–Trinajstić information content (AvgIpc) is 2.46. The minimum atomic E-state index is -3.14. The number of carboxylic acids is 1. The molecule has 0 bridgehead atoms. The van der Waals surface area contributed by atoms with Crippen molar-refractivity contribution in [2.24, 2.45) is 0 Å². The molecule has 112 valence electrons. The van der Waals surface area contributed by atoms with Gasteiger partial charge < -0.3 is 9.84 Å². The summed E-state index contributed by atoms with van der Waals surface area (Å²) in [6, 6.07) is 10.5. The number of sulfone groups is 1. The summed E-state index contributed by atoms with van der Waals surface area (Å²) in [5, 5.41) is 10.9. The first-order valence-corrected chi connectivity index (χ1v) is 8.34. The molecule has 1 N–H and O–H groups in total. The molecule has 2 rings (SSSR count). The maximum absolute atomic E-state index is 11.4. The Hall–Kier alpha value is -2.08. The van der Waals surface area contributed by atoms with Gasteiger partial charge in [0.2, 0.25) is 0 Å². The maximum atomic E-state index is 11.4. The van der Waals surface area contributed by atoms with Gasteiger partial charge in [-0.05, 0) is 22.9 Å². The van der Waals surface area contributed by atoms with Crippen LogP contribution in [0.25, 0.3) is 10.8 Å². The standard InChI is InChI=1S/C15H16O5S/c1-2-21(18,19)8-7-20-14-10-12-6-4-3-5-11(12)9-13(14)15(16)17/h3-6,9-10H,2,7-8H2,1H3,(H,16,17). The van der Waals surface area contributed by atoms with E-state index in [-0.39, 0.29) is 29.4 Å². The fourth-order valence-corrected chi connectivity index (χ4v) is 2.55. The Morgan fingerprint density at radius 3 is 2.38 bits per heavy atom. The minimum Gasteiger partial charge on any atom is -0.492 e. The summed E-state index contributed by atoms with van der Waals surface area (Å²) in [4.78, 5) is 11.3. The lowest BCUT2D eigenvalue weighted by atomic mass is 10.1. The second-order valence-corrected chi connectivity index (χ2v) is 7.06. The third kappa shape index (κ3) is 3.72. The van der Waals surface area contributed by atoms with Crippen LogP contribution in [0, 0.1) is 0 Å². The molecule has 0 saturated carbocycles. The lowest BCUT2D eigenvalue weighted by molar-refractivity contribution is 0.0693. The van der Waals surface area contributed by atoms with Crippen molar-refractivity contribution in [1.29, 1.82) is 0 Å². The number of aromatic carboxylic acids is 1. The van der Waals surface area contributed by atoms with E-state index in [1.54, 1.807) is 13.0 Å². The highest BCUT2D eigenvalue weighted by molar-refractivity contribution is 7.91. The van der Waals surface area contributed by atoms with Crippen molar-refractivity contribution in [1.82, 2.24) is 0 Å². The summed E-state index contributed by atoms with van der Waals surface area (Å²) in [5.74, 6) is -1.00. The summed E-state index contributed by atoms with van der Waals surface area (Å²) in [7, 11) is -3.14. The van der Waals surface area contributed by atoms with Gasteiger partial charge in [0.05, 0.1) is 5.75 Å². The van der Waals surface area contributed by atoms with Gasteiger partial charge in [-0.15, -0.1) is 0 Å². The third-order valence-electron chi connectivity index (χ3n) is 3.17. The quantitative estimate of drug-likeness (QED) is 0.886. The predicted octanol–water partition coefficient (Wildman–Crippen LogP) is 2.35. The highest BCUT2D eigenvalue weighted by Gasteiger charge is 2.14. The minimum absolute atomic E-state index is 0.0302. The largest absolute Gasteiger partial charge is 0.492 e. The Bertz CT molecular complexity index is 765. The molecule has 0 amide bonds. The first-order chi connectivity index (χ1) is 9.93. The highest BCUT2D eigenvalue weighted by Crippen LogP contribution is 2.26. The van der Waals surface area contributed by atoms with Crippen LogP contribution in [0.5, 0.6) is 5.75 Å². The Balaban J connectivity index is 2.29. The van der Waals surface area contributed by atoms with Crippen LogP contribution in [0.1, 0.15) is 17.3 Å². The number of hydrogen-bond donors (Lipinski definition) is 1. The Labute approximate surface area is 123 Å². The van der Waals surface area contributed by atoms with Crippen molar-refractivity contribution in [3.05, 3.63) is 42.0 Å². The average molecular weight is 308 g/mol. The number of carboxylic acid groups (broad SMARTS) is 1. The predicted molar refractivity (Wildman–Crippen MR) is 80.7 cm³/mol. The molecule has 0 atom stereocenters. The van der Waals surface area contributed by atoms with E-state index >= 15 is 0 Å². The van der Waals surface area contributed by atoms with Gasteiger partial charge in [0.1, 0.15) is 17.9 Å². The molecule has 6 heteroatoms. The third-order valence-corrected chi connectivity index (χ3v) is 4.84. The lowest BCUT2D eigenvalue weighted by Gasteiger charge is -2.10. The molecular weight excluding hydrogens is 292 g/mol. The molecule has 0 aliphatic carbocycles. The fourth-order valence-electron chi connectivity index (χ4n) is 1.93. The zero-order valence-electron chi connectivity index (χ0n) is 11.6. The van der Waals surface area contributed by atoms with Crippen LogP contribution in [-0.2, 0) is 9.84 Å². The molecule has 0 unspecified atom stereocenters. The number of ether oxygens (including phenoxy) is 1. The number of carbonyl (C=O) groups is 1. The second-order valence-electron chi connectivity index (χ2n) is 4.59. The maximum Gasteiger partial charge on any atom is 0.339 e. The zero-order chi connectivity index (χ0) is 15.5. The molecule has 21 heavy (non-hydrogen) atoms. The molecule has 0 aliphatic heterocycles. The SMILES string of the molecule is CCS(=O)(=O)CCOc1cc2ccccc2cc1C(=O)O. The number of fused-ring (bicyclic) bond motifs is 1. The summed E-state index contributed by atoms with van der Waals surface area (Å²) < 4.78 is 28.2. The van der Waals surface area contributed by atoms with Gasteiger partial charge in [0, 0.05) is 5.75 Å². The smallest absolute Gasteiger partial charge is 0.339 e. The monoisotopic (exact) mass is 308 g/mol. The molecule has 0 spiro atoms. The first kappa shape index (κ1) is 15.3. The van der Waals surface area contributed by atoms with Crippen molar-refractivity contribution in [3.63, 3.8) is 0 Å². The number of benzene rings is 2. The van der Waals surface area contributed by atoms with Crippen molar-refractivity contribution in [2.75, 3.05) is 18.1 Å². The van der Waals surface area contributed by atoms with E-state index < -0.39 is 15.8 Å². The molecule has 0 saturated heterocycles. The van der Waals surface area contributed by atoms with E-state index in [1.165, 1.54) is 6.07 Å². The van der Waals surface area contributed by atoms with E-state index in [4.69, 9.17) is 4.74 Å². The normalized spacial score (nSPS) is 11.5. The second kappa shape index (κ2) is 6.13. The Kier molecular flexibility index (Phi) is 4.47. The van der Waals surface area contributed by atoms with Gasteiger partial charge in [-0.3, -0.25) is 0 Å². The van der Waals surface area contributed by atoms with E-state index in [0.717, 1.165) is 10.8 Å². The van der Waals surface area contributed by atoms with Crippen molar-refractivity contribution < 1.29 is 23.1 Å². The molecule has 2 aromatic carbocycles. The van der Waals surface area contributed by atoms with Crippen LogP contribution in [0.4, 0.5) is 0 Å². The van der Waals surface area contributed by atoms with Crippen LogP contribution in [0.2, 0.25) is 0 Å². The number of rotatable bonds is 6. The molecule has 0 fully saturated rings. The van der Waals surface area contributed by atoms with Gasteiger partial charge in [-0.1, -0.05) is 31.2 Å². The highest BCUT2D eigenvalue weighted by atomic mass is 32.2. The van der Waals surface area contributed by atoms with E-state index in [2.05, 4.69) is 0 Å². The summed E-state index contributed by atoms with van der Waals surface area (Å²) in [5.41, 5.74) is 0.0302. The summed E-state index contributed by atoms with van der Waals surface area (Å²) >= 11 is 0. The topological polar surface area (TPSA) is 80.7 Å². The molecule has 0 radical (unpaired) electrons. The van der Waals surface area contributed by atoms with Crippen molar-refractivity contribution >= 4 is 26.6 Å². The van der Waals surface area contributed by atoms with E-state index in [0.29, 0.717) is 0 Å². The zero-order valence-corrected chi connectivity index (χ0v) is 12.4. The fraction of sp³-hybridized carbons (Fsp3) is 0.267. The number of hydrogen-bond acceptors (Lipinski definition) is 4. The van der Waals surface area contributed by atoms with Gasteiger partial charge in [0.25, 0.3) is 0 Å². The van der Waals surface area contributed by atoms with Crippen molar-refractivity contribution in [2.45, 2.75) is 6.92 Å². The van der Waals surface area contributed by atoms with Crippen LogP contribution in [-0.4, -0.2) is 37.6 Å². The molecule has 0 aliphatic rings. The Morgan fingerprint density at radius 1 is 1.19 bits per heavy atom. The summed E-state index contributed by atoms with van der Waals surface area (Å²) in [6.07, 6.45) is 0. The summed E-state index contributed by atoms with van der Waals surface area (Å²) in [6.45, 7) is 1.50. The lowest BCUT2D eigenvalue weighted by Crippen LogP contribution is -2.16. The first-order valence-electron chi connectivity index (χ1n) is 6.52. The van der Waals surface area contributed by atoms with Gasteiger partial charge >= 0.3 is 5.97 Å². The molecule has 0 heterocycles. The molecular formula is C15H16O5S. The van der Waals surface area contributed by atoms with E-state index in [1.807, 2.05) is 24.3 Å². The molecule has 5 nitrogen and oxygen atoms in total. The van der Waals surface area contributed by atoms with Gasteiger partial charge in [0.15, 0.2) is 9.84 Å². The van der Waals surface area contributed by atoms with Crippen molar-refractivity contribution in [3.8, 4) is 5.75 Å². The van der Waals surface area contributed by atoms with Crippen LogP contribution >= 0.6 is 0 Å². The van der Waals surface area contributed by atoms with Gasteiger partial charge in [-0.2, -0.15) is 0 Å². The van der Waals surface area contributed by atoms with E-state index in [9.17, 15) is 18.3 Å². The van der Waals surface area contributed by atoms with Crippen LogP contribution < -0.4 is 4.74 Å². The van der Waals surface area contributed by atoms with Crippen LogP contribution in [0.3, 0.4) is 0 Å². The molecule has 2 aromatic rings. The molecule has 0 aromatic heterocycles. The van der Waals surface area contributed by atoms with Gasteiger partial charge in [-0.25, -0.2) is 13.2 Å². The van der Waals surface area contributed by atoms with Crippen LogP contribution in [0.15, 0.2) is 36.4 Å². The Morgan fingerprint density at radius 2 is 1.81 bits per heavy atom.